The van der Waals surface area contributed by atoms with Crippen LogP contribution in [0.4, 0.5) is 27.1 Å². The van der Waals surface area contributed by atoms with E-state index in [9.17, 15) is 44.1 Å². The van der Waals surface area contributed by atoms with Gasteiger partial charge in [-0.3, -0.25) is 24.0 Å². The standard InChI is InChI=1S/C20H19Br2N3O4.C20H20Br2N2O3.C20H20Cl2N2O3.C18H18Br2FNO3/c1-2-3-24-15-5-12(9-23)4-13(6-15)11-29-19-16(21)7-14(8-17(19)22)20(28)25-10-18(26)27;2*1-2-5-24-16-7-14(11-23)6-15(8-16)12-27-20-17(21)9-13(10-18(20)22)3-4-19(25)26;1-2-3-22-14-5-12(4-13(21)9-14)10-25-18-15(19)6-11(7-16(18)20)8-17(23)24/h4-8,24H,2-3,10-11H2,1H3,(H,25,28)(H,26,27);2*6-10,24H,2-5,12H2,1H3,(H,25,26);4-7,9,22H,2-3,8,10H2,1H3,(H,23,24). The molecule has 0 saturated carbocycles. The first-order chi connectivity index (χ1) is 51.6. The van der Waals surface area contributed by atoms with Crippen LogP contribution in [0.5, 0.6) is 23.0 Å². The monoisotopic (exact) mass is 1900 g/mol. The van der Waals surface area contributed by atoms with E-state index in [1.807, 2.05) is 49.4 Å². The molecule has 0 aliphatic heterocycles. The number of aliphatic carboxylic acids is 4. The van der Waals surface area contributed by atoms with E-state index in [0.717, 1.165) is 111 Å². The molecule has 0 saturated heterocycles. The molecule has 8 aromatic carbocycles. The smallest absolute Gasteiger partial charge is 0.322 e. The van der Waals surface area contributed by atoms with Crippen LogP contribution in [-0.2, 0) is 64.9 Å². The Labute approximate surface area is 686 Å². The number of carbonyl (C=O) groups is 5. The first-order valence-electron chi connectivity index (χ1n) is 33.5. The van der Waals surface area contributed by atoms with Crippen LogP contribution in [0.3, 0.4) is 0 Å². The molecule has 1 amide bonds. The number of rotatable bonds is 35. The molecule has 8 aromatic rings. The Bertz CT molecular complexity index is 4360. The largest absolute Gasteiger partial charge is 0.487 e. The van der Waals surface area contributed by atoms with Gasteiger partial charge in [-0.15, -0.1) is 0 Å². The van der Waals surface area contributed by atoms with Gasteiger partial charge < -0.3 is 66.0 Å². The van der Waals surface area contributed by atoms with E-state index in [4.69, 9.17) is 62.6 Å². The lowest BCUT2D eigenvalue weighted by Gasteiger charge is -2.14. The van der Waals surface area contributed by atoms with Crippen molar-refractivity contribution in [2.24, 2.45) is 0 Å². The second-order valence-electron chi connectivity index (χ2n) is 23.7. The van der Waals surface area contributed by atoms with Gasteiger partial charge in [-0.25, -0.2) is 4.39 Å². The van der Waals surface area contributed by atoms with Crippen molar-refractivity contribution in [3.8, 4) is 41.2 Å². The normalized spacial score (nSPS) is 10.3. The van der Waals surface area contributed by atoms with Crippen molar-refractivity contribution >= 4 is 171 Å². The van der Waals surface area contributed by atoms with Gasteiger partial charge in [0.1, 0.15) is 56.0 Å². The third-order valence-electron chi connectivity index (χ3n) is 14.6. The molecule has 0 aliphatic rings. The summed E-state index contributed by atoms with van der Waals surface area (Å²) >= 11 is 33.0. The van der Waals surface area contributed by atoms with E-state index >= 15 is 0 Å². The van der Waals surface area contributed by atoms with Crippen molar-refractivity contribution in [2.75, 3.05) is 54.0 Å². The van der Waals surface area contributed by atoms with Gasteiger partial charge in [-0.2, -0.15) is 15.8 Å². The summed E-state index contributed by atoms with van der Waals surface area (Å²) in [5.41, 5.74) is 10.8. The molecule has 0 atom stereocenters. The van der Waals surface area contributed by atoms with Gasteiger partial charge in [0.2, 0.25) is 0 Å². The highest BCUT2D eigenvalue weighted by molar-refractivity contribution is 9.12. The molecular formula is C78H77Br6Cl2FN8O13. The van der Waals surface area contributed by atoms with Crippen molar-refractivity contribution in [1.82, 2.24) is 5.32 Å². The van der Waals surface area contributed by atoms with E-state index in [2.05, 4.69) is 161 Å². The lowest BCUT2D eigenvalue weighted by atomic mass is 10.1. The van der Waals surface area contributed by atoms with E-state index in [0.29, 0.717) is 98.2 Å². The zero-order chi connectivity index (χ0) is 79.4. The van der Waals surface area contributed by atoms with Gasteiger partial charge in [-0.05, 0) is 294 Å². The average molecular weight is 1900 g/mol. The fraction of sp³-hybridized carbons (Fsp3) is 0.282. The first-order valence-corrected chi connectivity index (χ1v) is 39.1. The Kier molecular flexibility index (Phi) is 39.4. The highest BCUT2D eigenvalue weighted by Gasteiger charge is 2.19. The third kappa shape index (κ3) is 31.9. The second kappa shape index (κ2) is 47.3. The molecule has 21 nitrogen and oxygen atoms in total. The molecule has 0 heterocycles. The Morgan fingerprint density at radius 3 is 1.04 bits per heavy atom. The molecule has 0 aliphatic carbocycles. The number of hydrogen-bond acceptors (Lipinski definition) is 16. The van der Waals surface area contributed by atoms with Crippen LogP contribution in [0.25, 0.3) is 0 Å². The number of carbonyl (C=O) groups excluding carboxylic acids is 1. The summed E-state index contributed by atoms with van der Waals surface area (Å²) in [6.07, 6.45) is 4.68. The maximum absolute atomic E-state index is 13.7. The highest BCUT2D eigenvalue weighted by atomic mass is 79.9. The maximum Gasteiger partial charge on any atom is 0.322 e. The summed E-state index contributed by atoms with van der Waals surface area (Å²) in [6.45, 7) is 11.9. The number of anilines is 4. The molecule has 9 N–H and O–H groups in total. The molecule has 0 aromatic heterocycles. The van der Waals surface area contributed by atoms with Crippen LogP contribution in [0.2, 0.25) is 10.0 Å². The molecule has 0 bridgehead atoms. The molecule has 0 unspecified atom stereocenters. The number of carboxylic acids is 4. The van der Waals surface area contributed by atoms with E-state index in [1.54, 1.807) is 66.7 Å². The minimum absolute atomic E-state index is 0.00134. The Morgan fingerprint density at radius 2 is 0.713 bits per heavy atom. The lowest BCUT2D eigenvalue weighted by molar-refractivity contribution is -0.138. The molecule has 0 spiro atoms. The summed E-state index contributed by atoms with van der Waals surface area (Å²) < 4.78 is 41.0. The number of nitriles is 3. The molecular weight excluding hydrogens is 1830 g/mol. The fourth-order valence-corrected chi connectivity index (χ4v) is 14.8. The number of carboxylic acid groups (broad SMARTS) is 4. The topological polar surface area (TPSA) is 335 Å². The first kappa shape index (κ1) is 90.0. The average Bonchev–Trinajstić information content (AvgIpc) is 0.845. The predicted octanol–water partition coefficient (Wildman–Crippen LogP) is 20.5. The number of nitrogens with one attached hydrogen (secondary N) is 5. The van der Waals surface area contributed by atoms with Gasteiger partial charge in [0, 0.05) is 67.3 Å². The zero-order valence-electron chi connectivity index (χ0n) is 59.0. The minimum atomic E-state index is -1.12. The van der Waals surface area contributed by atoms with Crippen molar-refractivity contribution in [2.45, 2.75) is 112 Å². The number of halogens is 9. The van der Waals surface area contributed by atoms with E-state index in [1.165, 1.54) is 12.1 Å². The van der Waals surface area contributed by atoms with Gasteiger partial charge in [-0.1, -0.05) is 50.9 Å². The maximum atomic E-state index is 13.7. The van der Waals surface area contributed by atoms with Crippen molar-refractivity contribution in [3.63, 3.8) is 0 Å². The molecule has 108 heavy (non-hydrogen) atoms. The molecule has 0 fully saturated rings. The summed E-state index contributed by atoms with van der Waals surface area (Å²) in [5, 5.41) is 78.7. The summed E-state index contributed by atoms with van der Waals surface area (Å²) in [4.78, 5) is 54.9. The number of amides is 1. The molecule has 30 heteroatoms. The zero-order valence-corrected chi connectivity index (χ0v) is 70.0. The fourth-order valence-electron chi connectivity index (χ4n) is 9.77. The molecule has 0 radical (unpaired) electrons. The van der Waals surface area contributed by atoms with E-state index in [-0.39, 0.29) is 50.5 Å². The van der Waals surface area contributed by atoms with Crippen LogP contribution >= 0.6 is 119 Å². The Morgan fingerprint density at radius 1 is 0.398 bits per heavy atom. The SMILES string of the molecule is CCCNc1cc(C#N)cc(COc2c(Br)cc(C(=O)NCC(=O)O)cc2Br)c1.CCCNc1cc(C#N)cc(COc2c(Br)cc(CCC(=O)O)cc2Br)c1.CCCNc1cc(C#N)cc(COc2c(Cl)cc(CCC(=O)O)cc2Cl)c1.CCCNc1cc(F)cc(COc2c(Br)cc(CC(=O)O)cc2Br)c1. The minimum Gasteiger partial charge on any atom is -0.487 e. The number of hydrogen-bond donors (Lipinski definition) is 9. The Balaban J connectivity index is 0.000000258. The van der Waals surface area contributed by atoms with Crippen molar-refractivity contribution < 1.29 is 67.7 Å². The van der Waals surface area contributed by atoms with E-state index < -0.39 is 36.3 Å². The van der Waals surface area contributed by atoms with Crippen LogP contribution in [-0.4, -0.2) is 82.9 Å². The van der Waals surface area contributed by atoms with Crippen molar-refractivity contribution in [3.05, 3.63) is 225 Å². The lowest BCUT2D eigenvalue weighted by Crippen LogP contribution is -2.29. The van der Waals surface area contributed by atoms with Gasteiger partial charge in [0.15, 0.2) is 5.75 Å². The number of ether oxygens (including phenoxy) is 4. The quantitative estimate of drug-likeness (QED) is 0.0178. The van der Waals surface area contributed by atoms with Crippen molar-refractivity contribution in [1.29, 1.82) is 15.8 Å². The van der Waals surface area contributed by atoms with Crippen LogP contribution < -0.4 is 45.5 Å². The number of nitrogens with zero attached hydrogens (tertiary/aromatic N) is 3. The summed E-state index contributed by atoms with van der Waals surface area (Å²) in [6, 6.07) is 41.3. The highest BCUT2D eigenvalue weighted by Crippen LogP contribution is 2.40. The van der Waals surface area contributed by atoms with Gasteiger partial charge in [0.05, 0.1) is 78.2 Å². The molecule has 8 rings (SSSR count). The molecule has 570 valence electrons. The van der Waals surface area contributed by atoms with Crippen LogP contribution in [0, 0.1) is 39.8 Å². The Hall–Kier alpha value is -8.63. The third-order valence-corrected chi connectivity index (χ3v) is 18.7. The van der Waals surface area contributed by atoms with Gasteiger partial charge in [0.25, 0.3) is 5.91 Å². The van der Waals surface area contributed by atoms with Crippen LogP contribution in [0.15, 0.2) is 148 Å². The number of aryl methyl sites for hydroxylation is 2. The second-order valence-corrected chi connectivity index (χ2v) is 29.6. The summed E-state index contributed by atoms with van der Waals surface area (Å²) in [7, 11) is 0. The predicted molar refractivity (Wildman–Crippen MR) is 438 cm³/mol. The van der Waals surface area contributed by atoms with Crippen LogP contribution in [0.1, 0.15) is 132 Å². The van der Waals surface area contributed by atoms with Gasteiger partial charge >= 0.3 is 23.9 Å². The summed E-state index contributed by atoms with van der Waals surface area (Å²) in [5.74, 6) is -2.56. The number of benzene rings is 8.